The van der Waals surface area contributed by atoms with Gasteiger partial charge in [-0.3, -0.25) is 14.6 Å². The highest BCUT2D eigenvalue weighted by Crippen LogP contribution is 2.40. The largest absolute Gasteiger partial charge is 0.481 e. The zero-order valence-electron chi connectivity index (χ0n) is 25.4. The van der Waals surface area contributed by atoms with Gasteiger partial charge < -0.3 is 19.7 Å². The predicted octanol–water partition coefficient (Wildman–Crippen LogP) is 4.96. The van der Waals surface area contributed by atoms with Crippen molar-refractivity contribution in [1.82, 2.24) is 29.7 Å². The van der Waals surface area contributed by atoms with Gasteiger partial charge in [0.25, 0.3) is 0 Å². The molecule has 0 aromatic carbocycles. The van der Waals surface area contributed by atoms with E-state index >= 15 is 4.39 Å². The summed E-state index contributed by atoms with van der Waals surface area (Å²) in [5.41, 5.74) is -0.493. The van der Waals surface area contributed by atoms with E-state index in [9.17, 15) is 18.0 Å². The first-order chi connectivity index (χ1) is 21.6. The van der Waals surface area contributed by atoms with Gasteiger partial charge in [-0.25, -0.2) is 19.9 Å². The minimum Gasteiger partial charge on any atom is -0.481 e. The number of ether oxygens (including phenoxy) is 2. The van der Waals surface area contributed by atoms with Gasteiger partial charge in [-0.2, -0.15) is 17.6 Å². The number of nitrogens with zero attached hydrogens (tertiary/aromatic N) is 7. The molecule has 0 amide bonds. The van der Waals surface area contributed by atoms with E-state index in [0.717, 1.165) is 37.4 Å². The lowest BCUT2D eigenvalue weighted by Crippen LogP contribution is -2.47. The first-order valence-corrected chi connectivity index (χ1v) is 15.6. The number of aromatic nitrogens is 4. The topological polar surface area (TPSA) is 109 Å². The fourth-order valence-electron chi connectivity index (χ4n) is 5.53. The van der Waals surface area contributed by atoms with Crippen molar-refractivity contribution in [2.45, 2.75) is 51.9 Å². The Kier molecular flexibility index (Phi) is 10.3. The monoisotopic (exact) mass is 652 g/mol. The summed E-state index contributed by atoms with van der Waals surface area (Å²) < 4.78 is 67.1. The van der Waals surface area contributed by atoms with Gasteiger partial charge in [0.1, 0.15) is 11.9 Å². The lowest BCUT2D eigenvalue weighted by molar-refractivity contribution is -0.143. The Morgan fingerprint density at radius 1 is 1.16 bits per heavy atom. The molecule has 3 aromatic rings. The zero-order chi connectivity index (χ0) is 32.1. The molecule has 16 heteroatoms. The Balaban J connectivity index is 1.37. The molecule has 1 N–H and O–H groups in total. The Labute approximate surface area is 262 Å². The Morgan fingerprint density at radius 2 is 1.93 bits per heavy atom. The number of pyridine rings is 1. The minimum atomic E-state index is -4.68. The van der Waals surface area contributed by atoms with Crippen molar-refractivity contribution in [3.63, 3.8) is 0 Å². The van der Waals surface area contributed by atoms with Crippen molar-refractivity contribution in [3.05, 3.63) is 34.8 Å². The highest BCUT2D eigenvalue weighted by atomic mass is 32.1. The van der Waals surface area contributed by atoms with Crippen molar-refractivity contribution >= 4 is 34.1 Å². The molecule has 0 aliphatic carbocycles. The summed E-state index contributed by atoms with van der Waals surface area (Å²) in [5.74, 6) is -1.38. The molecular weight excluding hydrogens is 616 g/mol. The molecule has 0 radical (unpaired) electrons. The van der Waals surface area contributed by atoms with E-state index in [4.69, 9.17) is 9.47 Å². The minimum absolute atomic E-state index is 0.0880. The second kappa shape index (κ2) is 14.2. The maximum Gasteiger partial charge on any atom is 0.421 e. The number of piperazine rings is 1. The lowest BCUT2D eigenvalue weighted by atomic mass is 10.1. The molecule has 2 saturated heterocycles. The van der Waals surface area contributed by atoms with Gasteiger partial charge in [0.2, 0.25) is 11.7 Å². The number of likely N-dealkylation sites (tertiary alicyclic amines) is 1. The molecule has 5 rings (SSSR count). The van der Waals surface area contributed by atoms with Crippen LogP contribution in [-0.4, -0.2) is 94.7 Å². The van der Waals surface area contributed by atoms with E-state index in [2.05, 4.69) is 42.0 Å². The summed E-state index contributed by atoms with van der Waals surface area (Å²) in [7, 11) is 1.14. The molecule has 45 heavy (non-hydrogen) atoms. The molecule has 1 atom stereocenters. The van der Waals surface area contributed by atoms with Gasteiger partial charge in [0.15, 0.2) is 16.8 Å². The number of anilines is 3. The van der Waals surface area contributed by atoms with E-state index < -0.39 is 23.4 Å². The van der Waals surface area contributed by atoms with E-state index in [-0.39, 0.29) is 28.3 Å². The molecule has 0 bridgehead atoms. The maximum atomic E-state index is 15.8. The predicted molar refractivity (Wildman–Crippen MR) is 161 cm³/mol. The number of alkyl halides is 3. The third kappa shape index (κ3) is 7.79. The molecule has 5 heterocycles. The van der Waals surface area contributed by atoms with Crippen molar-refractivity contribution in [1.29, 1.82) is 0 Å². The standard InChI is InChI=1S/C29H36F4N8O3S/c1-4-44-22(42)7-9-39-10-12-40(13-11-39)26-23(30)25(35-17-36-26)38-28-37-24(21(45-28)16-41-8-5-6-18(41)2)19-14-20(29(31,32)33)27(43-3)34-15-19/h14-15,17-18H,4-13,16H2,1-3H3,(H,35,36,37,38)/t18-/m1/s1. The van der Waals surface area contributed by atoms with E-state index in [1.807, 2.05) is 4.90 Å². The van der Waals surface area contributed by atoms with E-state index in [1.54, 1.807) is 6.92 Å². The number of methoxy groups -OCH3 is 1. The van der Waals surface area contributed by atoms with Crippen molar-refractivity contribution in [2.75, 3.05) is 63.2 Å². The van der Waals surface area contributed by atoms with Crippen molar-refractivity contribution in [3.8, 4) is 17.1 Å². The number of halogens is 4. The van der Waals surface area contributed by atoms with Crippen LogP contribution >= 0.6 is 11.3 Å². The van der Waals surface area contributed by atoms with Gasteiger partial charge in [0.05, 0.1) is 25.8 Å². The molecule has 0 saturated carbocycles. The van der Waals surface area contributed by atoms with Crippen LogP contribution < -0.4 is 15.0 Å². The smallest absolute Gasteiger partial charge is 0.421 e. The fraction of sp³-hybridized carbons (Fsp3) is 0.552. The molecule has 2 aliphatic heterocycles. The molecule has 0 spiro atoms. The Morgan fingerprint density at radius 3 is 2.60 bits per heavy atom. The first-order valence-electron chi connectivity index (χ1n) is 14.8. The van der Waals surface area contributed by atoms with Crippen LogP contribution in [-0.2, 0) is 22.3 Å². The Bertz CT molecular complexity index is 1480. The van der Waals surface area contributed by atoms with E-state index in [0.29, 0.717) is 64.0 Å². The van der Waals surface area contributed by atoms with Gasteiger partial charge in [0, 0.05) is 61.9 Å². The molecule has 2 aliphatic rings. The maximum absolute atomic E-state index is 15.8. The van der Waals surface area contributed by atoms with Crippen LogP contribution in [0.5, 0.6) is 5.88 Å². The zero-order valence-corrected chi connectivity index (χ0v) is 26.2. The number of rotatable bonds is 11. The average Bonchev–Trinajstić information content (AvgIpc) is 3.62. The van der Waals surface area contributed by atoms with Crippen LogP contribution in [0.4, 0.5) is 34.3 Å². The summed E-state index contributed by atoms with van der Waals surface area (Å²) >= 11 is 1.23. The molecule has 244 valence electrons. The van der Waals surface area contributed by atoms with Gasteiger partial charge in [-0.15, -0.1) is 0 Å². The van der Waals surface area contributed by atoms with Crippen molar-refractivity contribution in [2.24, 2.45) is 0 Å². The third-order valence-electron chi connectivity index (χ3n) is 7.96. The number of carbonyl (C=O) groups excluding carboxylic acids is 1. The summed E-state index contributed by atoms with van der Waals surface area (Å²) in [6, 6.07) is 1.29. The van der Waals surface area contributed by atoms with Crippen LogP contribution in [0.1, 0.15) is 43.6 Å². The number of carbonyl (C=O) groups is 1. The van der Waals surface area contributed by atoms with Crippen LogP contribution in [0, 0.1) is 5.82 Å². The molecule has 0 unspecified atom stereocenters. The summed E-state index contributed by atoms with van der Waals surface area (Å²) in [6.45, 7) is 8.36. The number of thiazole rings is 1. The van der Waals surface area contributed by atoms with Gasteiger partial charge >= 0.3 is 12.1 Å². The summed E-state index contributed by atoms with van der Waals surface area (Å²) in [5, 5.41) is 3.23. The van der Waals surface area contributed by atoms with Gasteiger partial charge in [-0.1, -0.05) is 11.3 Å². The van der Waals surface area contributed by atoms with E-state index in [1.165, 1.54) is 23.9 Å². The Hall–Kier alpha value is -3.63. The summed E-state index contributed by atoms with van der Waals surface area (Å²) in [4.78, 5) is 35.4. The number of hydrogen-bond acceptors (Lipinski definition) is 12. The van der Waals surface area contributed by atoms with Crippen molar-refractivity contribution < 1.29 is 31.8 Å². The second-order valence-electron chi connectivity index (χ2n) is 10.9. The molecule has 11 nitrogen and oxygen atoms in total. The highest BCUT2D eigenvalue weighted by Gasteiger charge is 2.36. The lowest BCUT2D eigenvalue weighted by Gasteiger charge is -2.35. The van der Waals surface area contributed by atoms with Crippen LogP contribution in [0.2, 0.25) is 0 Å². The first kappa shape index (κ1) is 32.8. The highest BCUT2D eigenvalue weighted by molar-refractivity contribution is 7.16. The van der Waals surface area contributed by atoms with Crippen LogP contribution in [0.15, 0.2) is 18.6 Å². The molecular formula is C29H36F4N8O3S. The van der Waals surface area contributed by atoms with Gasteiger partial charge in [-0.05, 0) is 39.3 Å². The quantitative estimate of drug-likeness (QED) is 0.224. The molecule has 3 aromatic heterocycles. The SMILES string of the molecule is CCOC(=O)CCN1CCN(c2ncnc(Nc3nc(-c4cnc(OC)c(C(F)(F)F)c4)c(CN4CCC[C@H]4C)s3)c2F)CC1. The summed E-state index contributed by atoms with van der Waals surface area (Å²) in [6.07, 6.45) is 0.232. The van der Waals surface area contributed by atoms with Crippen LogP contribution in [0.25, 0.3) is 11.3 Å². The second-order valence-corrected chi connectivity index (χ2v) is 12.0. The number of esters is 1. The molecule has 2 fully saturated rings. The number of hydrogen-bond donors (Lipinski definition) is 1. The van der Waals surface area contributed by atoms with Crippen LogP contribution in [0.3, 0.4) is 0 Å². The number of nitrogens with one attached hydrogen (secondary N) is 1. The third-order valence-corrected chi connectivity index (χ3v) is 8.92. The normalized spacial score (nSPS) is 17.9. The fourth-order valence-corrected chi connectivity index (χ4v) is 6.54. The average molecular weight is 653 g/mol.